The molecule has 1 N–H and O–H groups in total. The van der Waals surface area contributed by atoms with Crippen molar-refractivity contribution >= 4 is 23.2 Å². The average Bonchev–Trinajstić information content (AvgIpc) is 2.68. The molecule has 0 aliphatic rings. The molecule has 0 fully saturated rings. The van der Waals surface area contributed by atoms with Crippen LogP contribution in [0.5, 0.6) is 11.5 Å². The molecule has 0 aliphatic heterocycles. The molecule has 140 valence electrons. The monoisotopic (exact) mass is 401 g/mol. The van der Waals surface area contributed by atoms with Gasteiger partial charge in [-0.2, -0.15) is 0 Å². The topological polar surface area (TPSA) is 30.5 Å². The van der Waals surface area contributed by atoms with E-state index >= 15 is 0 Å². The van der Waals surface area contributed by atoms with Gasteiger partial charge in [0.2, 0.25) is 0 Å². The van der Waals surface area contributed by atoms with Crippen LogP contribution in [0.4, 0.5) is 0 Å². The van der Waals surface area contributed by atoms with Crippen LogP contribution in [-0.4, -0.2) is 7.11 Å². The van der Waals surface area contributed by atoms with Crippen molar-refractivity contribution < 1.29 is 9.47 Å². The Labute approximate surface area is 169 Å². The Morgan fingerprint density at radius 2 is 1.41 bits per heavy atom. The van der Waals surface area contributed by atoms with Gasteiger partial charge < -0.3 is 14.8 Å². The predicted molar refractivity (Wildman–Crippen MR) is 111 cm³/mol. The van der Waals surface area contributed by atoms with Crippen LogP contribution >= 0.6 is 23.2 Å². The Hall–Kier alpha value is -2.20. The molecule has 0 aliphatic carbocycles. The van der Waals surface area contributed by atoms with E-state index in [4.69, 9.17) is 32.7 Å². The second-order valence-corrected chi connectivity index (χ2v) is 6.89. The van der Waals surface area contributed by atoms with Gasteiger partial charge in [0.1, 0.15) is 18.1 Å². The summed E-state index contributed by atoms with van der Waals surface area (Å²) < 4.78 is 11.4. The van der Waals surface area contributed by atoms with Crippen LogP contribution in [0.25, 0.3) is 0 Å². The van der Waals surface area contributed by atoms with Crippen molar-refractivity contribution in [2.24, 2.45) is 0 Å². The van der Waals surface area contributed by atoms with Crippen LogP contribution in [0.1, 0.15) is 16.7 Å². The molecule has 3 nitrogen and oxygen atoms in total. The van der Waals surface area contributed by atoms with E-state index in [0.29, 0.717) is 29.7 Å². The summed E-state index contributed by atoms with van der Waals surface area (Å²) in [6.45, 7) is 1.78. The minimum Gasteiger partial charge on any atom is -0.496 e. The zero-order valence-corrected chi connectivity index (χ0v) is 16.6. The number of hydrogen-bond donors (Lipinski definition) is 1. The van der Waals surface area contributed by atoms with Crippen LogP contribution in [0.15, 0.2) is 66.7 Å². The molecule has 0 unspecified atom stereocenters. The molecule has 0 spiro atoms. The summed E-state index contributed by atoms with van der Waals surface area (Å²) in [7, 11) is 1.68. The van der Waals surface area contributed by atoms with Crippen molar-refractivity contribution in [2.75, 3.05) is 7.11 Å². The highest BCUT2D eigenvalue weighted by atomic mass is 35.5. The molecular formula is C22H21Cl2NO2. The molecule has 3 aromatic carbocycles. The van der Waals surface area contributed by atoms with Gasteiger partial charge in [0, 0.05) is 39.8 Å². The molecular weight excluding hydrogens is 381 g/mol. The molecule has 0 aromatic heterocycles. The molecule has 0 amide bonds. The standard InChI is InChI=1S/C22H21Cl2NO2/c1-26-21-8-4-2-6-16(21)13-25-14-17-7-3-5-9-22(17)27-15-18-10-11-19(23)12-20(18)24/h2-12,25H,13-15H2,1H3. The van der Waals surface area contributed by atoms with Crippen LogP contribution < -0.4 is 14.8 Å². The van der Waals surface area contributed by atoms with Gasteiger partial charge in [0.15, 0.2) is 0 Å². The normalized spacial score (nSPS) is 10.6. The zero-order valence-electron chi connectivity index (χ0n) is 15.0. The fraction of sp³-hybridized carbons (Fsp3) is 0.182. The molecule has 3 aromatic rings. The summed E-state index contributed by atoms with van der Waals surface area (Å²) >= 11 is 12.2. The molecule has 0 atom stereocenters. The summed E-state index contributed by atoms with van der Waals surface area (Å²) in [4.78, 5) is 0. The van der Waals surface area contributed by atoms with Crippen molar-refractivity contribution in [1.29, 1.82) is 0 Å². The highest BCUT2D eigenvalue weighted by molar-refractivity contribution is 6.35. The van der Waals surface area contributed by atoms with Crippen LogP contribution in [-0.2, 0) is 19.7 Å². The van der Waals surface area contributed by atoms with Crippen molar-refractivity contribution in [3.8, 4) is 11.5 Å². The van der Waals surface area contributed by atoms with Crippen molar-refractivity contribution in [1.82, 2.24) is 5.32 Å². The highest BCUT2D eigenvalue weighted by Gasteiger charge is 2.07. The quantitative estimate of drug-likeness (QED) is 0.511. The first-order chi connectivity index (χ1) is 13.2. The first kappa shape index (κ1) is 19.6. The first-order valence-electron chi connectivity index (χ1n) is 8.64. The van der Waals surface area contributed by atoms with Crippen molar-refractivity contribution in [3.05, 3.63) is 93.5 Å². The van der Waals surface area contributed by atoms with E-state index in [1.54, 1.807) is 13.2 Å². The summed E-state index contributed by atoms with van der Waals surface area (Å²) in [5, 5.41) is 4.67. The van der Waals surface area contributed by atoms with Gasteiger partial charge in [-0.15, -0.1) is 0 Å². The van der Waals surface area contributed by atoms with Crippen LogP contribution in [0.2, 0.25) is 10.0 Å². The van der Waals surface area contributed by atoms with E-state index in [-0.39, 0.29) is 0 Å². The SMILES string of the molecule is COc1ccccc1CNCc1ccccc1OCc1ccc(Cl)cc1Cl. The molecule has 0 radical (unpaired) electrons. The molecule has 0 bridgehead atoms. The lowest BCUT2D eigenvalue weighted by molar-refractivity contribution is 0.302. The Morgan fingerprint density at radius 1 is 0.778 bits per heavy atom. The van der Waals surface area contributed by atoms with E-state index in [1.807, 2.05) is 54.6 Å². The second kappa shape index (κ2) is 9.65. The molecule has 0 heterocycles. The highest BCUT2D eigenvalue weighted by Crippen LogP contribution is 2.24. The second-order valence-electron chi connectivity index (χ2n) is 6.05. The zero-order chi connectivity index (χ0) is 19.1. The maximum atomic E-state index is 6.23. The minimum absolute atomic E-state index is 0.388. The Balaban J connectivity index is 1.62. The van der Waals surface area contributed by atoms with Gasteiger partial charge in [0.05, 0.1) is 7.11 Å². The third-order valence-corrected chi connectivity index (χ3v) is 4.78. The largest absolute Gasteiger partial charge is 0.496 e. The van der Waals surface area contributed by atoms with E-state index < -0.39 is 0 Å². The van der Waals surface area contributed by atoms with Gasteiger partial charge in [-0.1, -0.05) is 65.7 Å². The maximum absolute atomic E-state index is 6.23. The van der Waals surface area contributed by atoms with Gasteiger partial charge >= 0.3 is 0 Å². The number of ether oxygens (including phenoxy) is 2. The molecule has 0 saturated carbocycles. The summed E-state index contributed by atoms with van der Waals surface area (Å²) in [6.07, 6.45) is 0. The number of rotatable bonds is 8. The van der Waals surface area contributed by atoms with Crippen molar-refractivity contribution in [2.45, 2.75) is 19.7 Å². The molecule has 3 rings (SSSR count). The smallest absolute Gasteiger partial charge is 0.124 e. The number of para-hydroxylation sites is 2. The van der Waals surface area contributed by atoms with E-state index in [9.17, 15) is 0 Å². The summed E-state index contributed by atoms with van der Waals surface area (Å²) in [5.41, 5.74) is 3.10. The number of methoxy groups -OCH3 is 1. The molecule has 5 heteroatoms. The maximum Gasteiger partial charge on any atom is 0.124 e. The Bertz CT molecular complexity index is 899. The third kappa shape index (κ3) is 5.39. The predicted octanol–water partition coefficient (Wildman–Crippen LogP) is 5.87. The summed E-state index contributed by atoms with van der Waals surface area (Å²) in [5.74, 6) is 1.71. The number of hydrogen-bond acceptors (Lipinski definition) is 3. The Kier molecular flexibility index (Phi) is 6.99. The van der Waals surface area contributed by atoms with Gasteiger partial charge in [-0.25, -0.2) is 0 Å². The average molecular weight is 402 g/mol. The molecule has 0 saturated heterocycles. The van der Waals surface area contributed by atoms with E-state index in [0.717, 1.165) is 28.2 Å². The minimum atomic E-state index is 0.388. The lowest BCUT2D eigenvalue weighted by Gasteiger charge is -2.14. The lowest BCUT2D eigenvalue weighted by atomic mass is 10.1. The van der Waals surface area contributed by atoms with E-state index in [2.05, 4.69) is 11.4 Å². The molecule has 27 heavy (non-hydrogen) atoms. The van der Waals surface area contributed by atoms with Gasteiger partial charge in [0.25, 0.3) is 0 Å². The Morgan fingerprint density at radius 3 is 2.07 bits per heavy atom. The van der Waals surface area contributed by atoms with Gasteiger partial charge in [-0.3, -0.25) is 0 Å². The van der Waals surface area contributed by atoms with Crippen LogP contribution in [0, 0.1) is 0 Å². The van der Waals surface area contributed by atoms with Gasteiger partial charge in [-0.05, 0) is 24.3 Å². The number of benzene rings is 3. The number of halogens is 2. The number of nitrogens with one attached hydrogen (secondary N) is 1. The lowest BCUT2D eigenvalue weighted by Crippen LogP contribution is -2.14. The van der Waals surface area contributed by atoms with Crippen LogP contribution in [0.3, 0.4) is 0 Å². The third-order valence-electron chi connectivity index (χ3n) is 4.19. The van der Waals surface area contributed by atoms with Crippen molar-refractivity contribution in [3.63, 3.8) is 0 Å². The fourth-order valence-electron chi connectivity index (χ4n) is 2.77. The van der Waals surface area contributed by atoms with E-state index in [1.165, 1.54) is 0 Å². The first-order valence-corrected chi connectivity index (χ1v) is 9.40. The summed E-state index contributed by atoms with van der Waals surface area (Å²) in [6, 6.07) is 21.4. The fourth-order valence-corrected chi connectivity index (χ4v) is 3.23.